The van der Waals surface area contributed by atoms with Crippen molar-refractivity contribution in [3.63, 3.8) is 0 Å². The number of aromatic nitrogens is 2. The van der Waals surface area contributed by atoms with Crippen molar-refractivity contribution in [2.45, 2.75) is 31.2 Å². The monoisotopic (exact) mass is 361 g/mol. The second kappa shape index (κ2) is 7.27. The summed E-state index contributed by atoms with van der Waals surface area (Å²) in [7, 11) is 0. The quantitative estimate of drug-likeness (QED) is 0.745. The number of hydrogen-bond acceptors (Lipinski definition) is 3. The molecule has 0 unspecified atom stereocenters. The van der Waals surface area contributed by atoms with Gasteiger partial charge in [-0.15, -0.1) is 0 Å². The van der Waals surface area contributed by atoms with Crippen LogP contribution >= 0.6 is 0 Å². The zero-order valence-electron chi connectivity index (χ0n) is 14.9. The molecule has 1 aliphatic rings. The second-order valence-electron chi connectivity index (χ2n) is 6.91. The van der Waals surface area contributed by atoms with Crippen LogP contribution in [-0.4, -0.2) is 15.9 Å². The Morgan fingerprint density at radius 1 is 0.926 bits per heavy atom. The molecule has 1 aliphatic carbocycles. The number of benzene rings is 2. The molecule has 27 heavy (non-hydrogen) atoms. The summed E-state index contributed by atoms with van der Waals surface area (Å²) in [5, 5.41) is 3.16. The van der Waals surface area contributed by atoms with E-state index in [1.54, 1.807) is 24.5 Å². The summed E-state index contributed by atoms with van der Waals surface area (Å²) in [6, 6.07) is 16.0. The normalized spacial score (nSPS) is 15.4. The lowest BCUT2D eigenvalue weighted by Gasteiger charge is -2.31. The first kappa shape index (κ1) is 17.3. The number of hydrogen-bond donors (Lipinski definition) is 1. The Balaban J connectivity index is 1.56. The first-order valence-corrected chi connectivity index (χ1v) is 9.12. The molecule has 0 bridgehead atoms. The first-order chi connectivity index (χ1) is 13.2. The Kier molecular flexibility index (Phi) is 4.67. The predicted octanol–water partition coefficient (Wildman–Crippen LogP) is 4.48. The smallest absolute Gasteiger partial charge is 0.255 e. The molecule has 1 heterocycles. The van der Waals surface area contributed by atoms with Crippen LogP contribution in [0.2, 0.25) is 0 Å². The van der Waals surface area contributed by atoms with Crippen LogP contribution in [0.1, 0.15) is 41.6 Å². The summed E-state index contributed by atoms with van der Waals surface area (Å²) in [6.45, 7) is 0. The third-order valence-corrected chi connectivity index (χ3v) is 5.15. The van der Waals surface area contributed by atoms with E-state index in [-0.39, 0.29) is 11.7 Å². The molecule has 0 aliphatic heterocycles. The van der Waals surface area contributed by atoms with E-state index in [2.05, 4.69) is 15.3 Å². The van der Waals surface area contributed by atoms with Crippen LogP contribution in [0, 0.1) is 5.82 Å². The number of nitrogens with one attached hydrogen (secondary N) is 1. The van der Waals surface area contributed by atoms with Gasteiger partial charge in [0.25, 0.3) is 5.91 Å². The lowest BCUT2D eigenvalue weighted by atomic mass is 9.88. The molecule has 3 aromatic rings. The van der Waals surface area contributed by atoms with Gasteiger partial charge in [0.05, 0.1) is 11.1 Å². The molecule has 4 nitrogen and oxygen atoms in total. The van der Waals surface area contributed by atoms with E-state index < -0.39 is 5.54 Å². The average Bonchev–Trinajstić information content (AvgIpc) is 3.19. The topological polar surface area (TPSA) is 54.9 Å². The highest BCUT2D eigenvalue weighted by molar-refractivity contribution is 5.94. The third-order valence-electron chi connectivity index (χ3n) is 5.15. The number of halogens is 1. The van der Waals surface area contributed by atoms with Gasteiger partial charge < -0.3 is 5.32 Å². The fourth-order valence-corrected chi connectivity index (χ4v) is 3.70. The van der Waals surface area contributed by atoms with Crippen LogP contribution in [0.4, 0.5) is 4.39 Å². The van der Waals surface area contributed by atoms with Crippen molar-refractivity contribution in [1.82, 2.24) is 15.3 Å². The molecule has 1 saturated carbocycles. The van der Waals surface area contributed by atoms with E-state index in [1.807, 2.05) is 30.3 Å². The van der Waals surface area contributed by atoms with Gasteiger partial charge in [0.15, 0.2) is 5.82 Å². The molecular weight excluding hydrogens is 341 g/mol. The lowest BCUT2D eigenvalue weighted by Crippen LogP contribution is -2.43. The van der Waals surface area contributed by atoms with Gasteiger partial charge in [-0.1, -0.05) is 55.3 Å². The minimum absolute atomic E-state index is 0.208. The summed E-state index contributed by atoms with van der Waals surface area (Å²) in [5.74, 6) is 0.102. The summed E-state index contributed by atoms with van der Waals surface area (Å²) in [5.41, 5.74) is 1.81. The second-order valence-corrected chi connectivity index (χ2v) is 6.91. The van der Waals surface area contributed by atoms with E-state index in [4.69, 9.17) is 0 Å². The maximum absolute atomic E-state index is 13.3. The molecule has 0 radical (unpaired) electrons. The molecule has 4 rings (SSSR count). The van der Waals surface area contributed by atoms with Crippen molar-refractivity contribution in [1.29, 1.82) is 0 Å². The predicted molar refractivity (Wildman–Crippen MR) is 101 cm³/mol. The largest absolute Gasteiger partial charge is 0.342 e. The molecule has 0 saturated heterocycles. The van der Waals surface area contributed by atoms with Crippen LogP contribution in [0.3, 0.4) is 0 Å². The molecule has 1 amide bonds. The minimum Gasteiger partial charge on any atom is -0.342 e. The fourth-order valence-electron chi connectivity index (χ4n) is 3.70. The van der Waals surface area contributed by atoms with Crippen molar-refractivity contribution >= 4 is 5.91 Å². The number of carbonyl (C=O) groups is 1. The minimum atomic E-state index is -0.455. The van der Waals surface area contributed by atoms with Gasteiger partial charge in [-0.2, -0.15) is 0 Å². The average molecular weight is 361 g/mol. The van der Waals surface area contributed by atoms with Crippen LogP contribution in [0.25, 0.3) is 11.4 Å². The Labute approximate surface area is 157 Å². The lowest BCUT2D eigenvalue weighted by molar-refractivity contribution is 0.0897. The standard InChI is InChI=1S/C22H20FN3O/c23-19-10-8-18(9-11-19)22(12-4-5-13-22)26-21(27)17-14-24-20(25-15-17)16-6-2-1-3-7-16/h1-3,6-11,14-15H,4-5,12-13H2,(H,26,27). The van der Waals surface area contributed by atoms with Crippen molar-refractivity contribution < 1.29 is 9.18 Å². The van der Waals surface area contributed by atoms with E-state index in [0.29, 0.717) is 11.4 Å². The van der Waals surface area contributed by atoms with Gasteiger partial charge >= 0.3 is 0 Å². The maximum atomic E-state index is 13.3. The number of rotatable bonds is 4. The zero-order valence-corrected chi connectivity index (χ0v) is 14.9. The zero-order chi connectivity index (χ0) is 18.7. The first-order valence-electron chi connectivity index (χ1n) is 9.12. The summed E-state index contributed by atoms with van der Waals surface area (Å²) in [6.07, 6.45) is 6.85. The molecule has 1 fully saturated rings. The summed E-state index contributed by atoms with van der Waals surface area (Å²) in [4.78, 5) is 21.5. The third kappa shape index (κ3) is 3.58. The highest BCUT2D eigenvalue weighted by atomic mass is 19.1. The summed E-state index contributed by atoms with van der Waals surface area (Å²) < 4.78 is 13.3. The van der Waals surface area contributed by atoms with E-state index >= 15 is 0 Å². The number of amides is 1. The van der Waals surface area contributed by atoms with Gasteiger partial charge in [0.2, 0.25) is 0 Å². The van der Waals surface area contributed by atoms with Crippen LogP contribution in [0.15, 0.2) is 67.0 Å². The highest BCUT2D eigenvalue weighted by Crippen LogP contribution is 2.39. The Bertz CT molecular complexity index is 918. The molecule has 136 valence electrons. The van der Waals surface area contributed by atoms with Gasteiger partial charge in [-0.05, 0) is 30.5 Å². The fraction of sp³-hybridized carbons (Fsp3) is 0.227. The van der Waals surface area contributed by atoms with Crippen molar-refractivity contribution in [2.75, 3.05) is 0 Å². The SMILES string of the molecule is O=C(NC1(c2ccc(F)cc2)CCCC1)c1cnc(-c2ccccc2)nc1. The highest BCUT2D eigenvalue weighted by Gasteiger charge is 2.37. The van der Waals surface area contributed by atoms with Gasteiger partial charge in [-0.25, -0.2) is 14.4 Å². The molecule has 0 spiro atoms. The Hall–Kier alpha value is -3.08. The van der Waals surface area contributed by atoms with Crippen molar-refractivity contribution in [3.8, 4) is 11.4 Å². The van der Waals surface area contributed by atoms with E-state index in [0.717, 1.165) is 36.8 Å². The maximum Gasteiger partial charge on any atom is 0.255 e. The van der Waals surface area contributed by atoms with Gasteiger partial charge in [0.1, 0.15) is 5.82 Å². The Morgan fingerprint density at radius 2 is 1.56 bits per heavy atom. The van der Waals surface area contributed by atoms with Crippen molar-refractivity contribution in [2.24, 2.45) is 0 Å². The van der Waals surface area contributed by atoms with Crippen molar-refractivity contribution in [3.05, 3.63) is 83.9 Å². The molecule has 0 atom stereocenters. The van der Waals surface area contributed by atoms with E-state index in [9.17, 15) is 9.18 Å². The number of nitrogens with zero attached hydrogens (tertiary/aromatic N) is 2. The Morgan fingerprint density at radius 3 is 2.19 bits per heavy atom. The van der Waals surface area contributed by atoms with E-state index in [1.165, 1.54) is 12.1 Å². The molecule has 5 heteroatoms. The van der Waals surface area contributed by atoms with Crippen LogP contribution in [-0.2, 0) is 5.54 Å². The molecule has 1 N–H and O–H groups in total. The summed E-state index contributed by atoms with van der Waals surface area (Å²) >= 11 is 0. The molecular formula is C22H20FN3O. The molecule has 1 aromatic heterocycles. The van der Waals surface area contributed by atoms with Crippen LogP contribution in [0.5, 0.6) is 0 Å². The van der Waals surface area contributed by atoms with Gasteiger partial charge in [-0.3, -0.25) is 4.79 Å². The number of carbonyl (C=O) groups excluding carboxylic acids is 1. The van der Waals surface area contributed by atoms with Gasteiger partial charge in [0, 0.05) is 18.0 Å². The molecule has 2 aromatic carbocycles. The van der Waals surface area contributed by atoms with Crippen LogP contribution < -0.4 is 5.32 Å².